The second kappa shape index (κ2) is 7.11. The maximum atomic E-state index is 12.4. The molecule has 2 saturated carbocycles. The smallest absolute Gasteiger partial charge is 0.339 e. The molecule has 3 rings (SSSR count). The molecule has 9 heteroatoms. The van der Waals surface area contributed by atoms with Crippen molar-refractivity contribution in [1.29, 1.82) is 0 Å². The monoisotopic (exact) mass is 416 g/mol. The molecule has 8 atom stereocenters. The third-order valence-electron chi connectivity index (χ3n) is 6.28. The Bertz CT molecular complexity index is 719. The normalized spacial score (nSPS) is 42.3. The Morgan fingerprint density at radius 3 is 2.68 bits per heavy atom. The summed E-state index contributed by atoms with van der Waals surface area (Å²) in [5, 5.41) is 41.1. The van der Waals surface area contributed by atoms with Gasteiger partial charge >= 0.3 is 11.9 Å². The third kappa shape index (κ3) is 3.07. The van der Waals surface area contributed by atoms with Gasteiger partial charge < -0.3 is 29.9 Å². The van der Waals surface area contributed by atoms with Gasteiger partial charge in [-0.1, -0.05) is 18.7 Å². The number of alkyl halides is 1. The highest BCUT2D eigenvalue weighted by atomic mass is 35.5. The predicted molar refractivity (Wildman–Crippen MR) is 97.1 cm³/mol. The Morgan fingerprint density at radius 2 is 2.11 bits per heavy atom. The van der Waals surface area contributed by atoms with E-state index in [2.05, 4.69) is 13.2 Å². The molecule has 1 heterocycles. The molecule has 0 radical (unpaired) electrons. The average Bonchev–Trinajstić information content (AvgIpc) is 3.04. The van der Waals surface area contributed by atoms with Crippen molar-refractivity contribution in [2.24, 2.45) is 17.8 Å². The average molecular weight is 417 g/mol. The Kier molecular flexibility index (Phi) is 5.40. The standard InChI is InChI=1S/C19H25ClO8/c1-8-4-11(27-17(24)18(3,25)6-20)13-9(2)16(23)28-15(13)14-10(8)5-12(22)19(14,26)7-21/h10-15,21-22,25-26H,1-2,4-7H2,3H3/t10-,11-,12-,13+,14-,15-,18+,19+/m0/s1. The number of carbonyl (C=O) groups is 2. The van der Waals surface area contributed by atoms with E-state index in [1.54, 1.807) is 0 Å². The lowest BCUT2D eigenvalue weighted by atomic mass is 9.76. The number of esters is 2. The zero-order valence-electron chi connectivity index (χ0n) is 15.5. The maximum absolute atomic E-state index is 12.4. The van der Waals surface area contributed by atoms with E-state index in [1.807, 2.05) is 0 Å². The van der Waals surface area contributed by atoms with Crippen molar-refractivity contribution in [3.63, 3.8) is 0 Å². The number of aliphatic hydroxyl groups excluding tert-OH is 2. The molecule has 156 valence electrons. The van der Waals surface area contributed by atoms with Crippen molar-refractivity contribution < 1.29 is 39.5 Å². The van der Waals surface area contributed by atoms with Crippen LogP contribution >= 0.6 is 11.6 Å². The molecule has 3 aliphatic rings. The second-order valence-electron chi connectivity index (χ2n) is 8.17. The minimum atomic E-state index is -1.92. The fourth-order valence-corrected chi connectivity index (χ4v) is 4.73. The number of halogens is 1. The minimum Gasteiger partial charge on any atom is -0.459 e. The molecule has 3 fully saturated rings. The SMILES string of the molecule is C=C1C(=O)O[C@H]2[C@H]1[C@@H](OC(=O)[C@](C)(O)CCl)CC(=C)[C@@H]1C[C@H](O)[C@](O)(CO)[C@H]21. The van der Waals surface area contributed by atoms with Crippen molar-refractivity contribution >= 4 is 23.5 Å². The van der Waals surface area contributed by atoms with E-state index in [0.29, 0.717) is 5.57 Å². The molecule has 0 bridgehead atoms. The molecule has 0 aromatic heterocycles. The van der Waals surface area contributed by atoms with E-state index < -0.39 is 65.8 Å². The molecular weight excluding hydrogens is 392 g/mol. The topological polar surface area (TPSA) is 134 Å². The molecule has 1 saturated heterocycles. The van der Waals surface area contributed by atoms with Gasteiger partial charge in [0.15, 0.2) is 5.60 Å². The fourth-order valence-electron chi connectivity index (χ4n) is 4.62. The van der Waals surface area contributed by atoms with Crippen molar-refractivity contribution in [1.82, 2.24) is 0 Å². The summed E-state index contributed by atoms with van der Waals surface area (Å²) in [7, 11) is 0. The number of aliphatic hydroxyl groups is 4. The van der Waals surface area contributed by atoms with Crippen LogP contribution in [0.1, 0.15) is 19.8 Å². The van der Waals surface area contributed by atoms with Gasteiger partial charge in [0, 0.05) is 17.9 Å². The van der Waals surface area contributed by atoms with Gasteiger partial charge in [0.25, 0.3) is 0 Å². The first kappa shape index (κ1) is 21.3. The summed E-state index contributed by atoms with van der Waals surface area (Å²) in [5.41, 5.74) is -3.19. The third-order valence-corrected chi connectivity index (χ3v) is 6.80. The molecular formula is C19H25ClO8. The molecule has 0 unspecified atom stereocenters. The van der Waals surface area contributed by atoms with Crippen molar-refractivity contribution in [3.8, 4) is 0 Å². The summed E-state index contributed by atoms with van der Waals surface area (Å²) in [6, 6.07) is 0. The second-order valence-corrected chi connectivity index (χ2v) is 8.43. The van der Waals surface area contributed by atoms with Gasteiger partial charge in [-0.05, 0) is 19.3 Å². The van der Waals surface area contributed by atoms with Crippen LogP contribution in [0.2, 0.25) is 0 Å². The summed E-state index contributed by atoms with van der Waals surface area (Å²) in [4.78, 5) is 24.6. The minimum absolute atomic E-state index is 0.0587. The van der Waals surface area contributed by atoms with Crippen molar-refractivity contribution in [3.05, 3.63) is 24.3 Å². The largest absolute Gasteiger partial charge is 0.459 e. The molecule has 8 nitrogen and oxygen atoms in total. The summed E-state index contributed by atoms with van der Waals surface area (Å²) in [5.74, 6) is -4.17. The Balaban J connectivity index is 2.01. The van der Waals surface area contributed by atoms with Crippen LogP contribution in [0.5, 0.6) is 0 Å². The van der Waals surface area contributed by atoms with Crippen LogP contribution in [0.4, 0.5) is 0 Å². The highest BCUT2D eigenvalue weighted by molar-refractivity contribution is 6.20. The zero-order chi connectivity index (χ0) is 21.0. The fraction of sp³-hybridized carbons (Fsp3) is 0.684. The Labute approximate surface area is 167 Å². The summed E-state index contributed by atoms with van der Waals surface area (Å²) in [6.07, 6.45) is -2.89. The van der Waals surface area contributed by atoms with Gasteiger partial charge in [0.05, 0.1) is 24.5 Å². The zero-order valence-corrected chi connectivity index (χ0v) is 16.3. The number of fused-ring (bicyclic) bond motifs is 3. The van der Waals surface area contributed by atoms with E-state index >= 15 is 0 Å². The number of hydrogen-bond donors (Lipinski definition) is 4. The van der Waals surface area contributed by atoms with Gasteiger partial charge in [0.1, 0.15) is 17.8 Å². The van der Waals surface area contributed by atoms with Crippen molar-refractivity contribution in [2.45, 2.75) is 49.3 Å². The molecule has 2 aliphatic carbocycles. The van der Waals surface area contributed by atoms with E-state index in [-0.39, 0.29) is 24.3 Å². The predicted octanol–water partition coefficient (Wildman–Crippen LogP) is -0.334. The van der Waals surface area contributed by atoms with E-state index in [0.717, 1.165) is 0 Å². The van der Waals surface area contributed by atoms with E-state index in [1.165, 1.54) is 6.92 Å². The Morgan fingerprint density at radius 1 is 1.46 bits per heavy atom. The van der Waals surface area contributed by atoms with Crippen LogP contribution in [0.25, 0.3) is 0 Å². The first-order chi connectivity index (χ1) is 13.0. The highest BCUT2D eigenvalue weighted by Crippen LogP contribution is 2.54. The molecule has 0 aromatic carbocycles. The number of hydrogen-bond acceptors (Lipinski definition) is 8. The lowest BCUT2D eigenvalue weighted by Crippen LogP contribution is -2.53. The quantitative estimate of drug-likeness (QED) is 0.212. The van der Waals surface area contributed by atoms with E-state index in [4.69, 9.17) is 21.1 Å². The molecule has 0 aromatic rings. The van der Waals surface area contributed by atoms with Gasteiger partial charge in [-0.2, -0.15) is 0 Å². The van der Waals surface area contributed by atoms with Crippen LogP contribution in [-0.4, -0.2) is 74.4 Å². The van der Waals surface area contributed by atoms with Gasteiger partial charge in [-0.15, -0.1) is 11.6 Å². The van der Waals surface area contributed by atoms with Crippen LogP contribution in [0.3, 0.4) is 0 Å². The highest BCUT2D eigenvalue weighted by Gasteiger charge is 2.64. The molecule has 0 spiro atoms. The first-order valence-corrected chi connectivity index (χ1v) is 9.59. The van der Waals surface area contributed by atoms with Gasteiger partial charge in [-0.25, -0.2) is 9.59 Å². The van der Waals surface area contributed by atoms with Crippen LogP contribution in [-0.2, 0) is 19.1 Å². The molecule has 4 N–H and O–H groups in total. The number of carbonyl (C=O) groups excluding carboxylic acids is 2. The summed E-state index contributed by atoms with van der Waals surface area (Å²) < 4.78 is 10.9. The van der Waals surface area contributed by atoms with Gasteiger partial charge in [-0.3, -0.25) is 0 Å². The molecule has 1 aliphatic heterocycles. The lowest BCUT2D eigenvalue weighted by molar-refractivity contribution is -0.174. The summed E-state index contributed by atoms with van der Waals surface area (Å²) >= 11 is 5.63. The molecule has 0 amide bonds. The van der Waals surface area contributed by atoms with Gasteiger partial charge in [0.2, 0.25) is 0 Å². The lowest BCUT2D eigenvalue weighted by Gasteiger charge is -2.37. The van der Waals surface area contributed by atoms with Crippen LogP contribution < -0.4 is 0 Å². The Hall–Kier alpha value is -1.45. The first-order valence-electron chi connectivity index (χ1n) is 9.06. The van der Waals surface area contributed by atoms with Crippen LogP contribution in [0.15, 0.2) is 24.3 Å². The summed E-state index contributed by atoms with van der Waals surface area (Å²) in [6.45, 7) is 8.23. The molecule has 28 heavy (non-hydrogen) atoms. The van der Waals surface area contributed by atoms with Crippen molar-refractivity contribution in [2.75, 3.05) is 12.5 Å². The number of rotatable bonds is 4. The maximum Gasteiger partial charge on any atom is 0.339 e. The number of ether oxygens (including phenoxy) is 2. The van der Waals surface area contributed by atoms with E-state index in [9.17, 15) is 30.0 Å². The van der Waals surface area contributed by atoms with Crippen LogP contribution in [0, 0.1) is 17.8 Å².